The Hall–Kier alpha value is -2.78. The Kier molecular flexibility index (Phi) is 6.50. The van der Waals surface area contributed by atoms with Gasteiger partial charge in [-0.1, -0.05) is 85.3 Å². The van der Waals surface area contributed by atoms with Crippen LogP contribution in [0.25, 0.3) is 0 Å². The van der Waals surface area contributed by atoms with Gasteiger partial charge >= 0.3 is 0 Å². The van der Waals surface area contributed by atoms with Crippen molar-refractivity contribution in [1.29, 1.82) is 0 Å². The molecule has 0 fully saturated rings. The van der Waals surface area contributed by atoms with Crippen LogP contribution in [-0.2, 0) is 4.79 Å². The van der Waals surface area contributed by atoms with E-state index in [9.17, 15) is 4.79 Å². The molecule has 138 valence electrons. The molecule has 0 aliphatic carbocycles. The van der Waals surface area contributed by atoms with Crippen molar-refractivity contribution in [2.24, 2.45) is 0 Å². The van der Waals surface area contributed by atoms with Crippen molar-refractivity contribution in [2.45, 2.75) is 25.5 Å². The molecule has 4 heteroatoms. The fourth-order valence-corrected chi connectivity index (χ4v) is 3.09. The summed E-state index contributed by atoms with van der Waals surface area (Å²) < 4.78 is 5.88. The Morgan fingerprint density at radius 3 is 2.04 bits per heavy atom. The summed E-state index contributed by atoms with van der Waals surface area (Å²) >= 11 is 6.01. The maximum absolute atomic E-state index is 13.0. The van der Waals surface area contributed by atoms with Gasteiger partial charge in [-0.15, -0.1) is 0 Å². The summed E-state index contributed by atoms with van der Waals surface area (Å²) in [6.45, 7) is 1.93. The number of carbonyl (C=O) groups is 1. The highest BCUT2D eigenvalue weighted by molar-refractivity contribution is 6.30. The Balaban J connectivity index is 1.80. The van der Waals surface area contributed by atoms with E-state index in [0.29, 0.717) is 17.2 Å². The summed E-state index contributed by atoms with van der Waals surface area (Å²) in [4.78, 5) is 13.0. The molecule has 0 heterocycles. The van der Waals surface area contributed by atoms with Gasteiger partial charge in [0.2, 0.25) is 0 Å². The number of nitrogens with one attached hydrogen (secondary N) is 1. The summed E-state index contributed by atoms with van der Waals surface area (Å²) in [6.07, 6.45) is -0.0485. The lowest BCUT2D eigenvalue weighted by Gasteiger charge is -2.24. The summed E-state index contributed by atoms with van der Waals surface area (Å²) in [6, 6.07) is 26.7. The van der Waals surface area contributed by atoms with E-state index in [1.807, 2.05) is 67.6 Å². The number of ether oxygens (including phenoxy) is 1. The highest BCUT2D eigenvalue weighted by Crippen LogP contribution is 2.23. The van der Waals surface area contributed by atoms with Crippen LogP contribution in [0.2, 0.25) is 5.02 Å². The van der Waals surface area contributed by atoms with Crippen molar-refractivity contribution in [3.63, 3.8) is 0 Å². The van der Waals surface area contributed by atoms with Gasteiger partial charge < -0.3 is 10.1 Å². The van der Waals surface area contributed by atoms with E-state index in [0.717, 1.165) is 11.1 Å². The summed E-state index contributed by atoms with van der Waals surface area (Å²) in [7, 11) is 0. The Morgan fingerprint density at radius 1 is 0.926 bits per heavy atom. The van der Waals surface area contributed by atoms with E-state index < -0.39 is 6.10 Å². The molecule has 0 saturated heterocycles. The third-order valence-corrected chi connectivity index (χ3v) is 4.53. The molecule has 3 rings (SSSR count). The SMILES string of the molecule is CC[C@@H](Oc1cccc(Cl)c1)C(=O)NC(c1ccccc1)c1ccccc1. The molecule has 0 radical (unpaired) electrons. The van der Waals surface area contributed by atoms with Gasteiger partial charge in [-0.25, -0.2) is 0 Å². The van der Waals surface area contributed by atoms with Crippen molar-refractivity contribution in [3.05, 3.63) is 101 Å². The van der Waals surface area contributed by atoms with Gasteiger partial charge in [0.15, 0.2) is 6.10 Å². The fraction of sp³-hybridized carbons (Fsp3) is 0.174. The monoisotopic (exact) mass is 379 g/mol. The Labute approximate surface area is 164 Å². The normalized spacial score (nSPS) is 11.8. The number of hydrogen-bond donors (Lipinski definition) is 1. The van der Waals surface area contributed by atoms with Crippen LogP contribution in [0.15, 0.2) is 84.9 Å². The zero-order valence-electron chi connectivity index (χ0n) is 15.1. The first-order chi connectivity index (χ1) is 13.2. The highest BCUT2D eigenvalue weighted by atomic mass is 35.5. The van der Waals surface area contributed by atoms with Crippen molar-refractivity contribution < 1.29 is 9.53 Å². The molecule has 1 atom stereocenters. The highest BCUT2D eigenvalue weighted by Gasteiger charge is 2.23. The van der Waals surface area contributed by atoms with Gasteiger partial charge in [-0.3, -0.25) is 4.79 Å². The van der Waals surface area contributed by atoms with Gasteiger partial charge in [-0.05, 0) is 35.7 Å². The summed E-state index contributed by atoms with van der Waals surface area (Å²) in [5.41, 5.74) is 2.05. The number of carbonyl (C=O) groups excluding carboxylic acids is 1. The standard InChI is InChI=1S/C23H22ClNO2/c1-2-21(27-20-15-9-14-19(24)16-20)23(26)25-22(17-10-5-3-6-11-17)18-12-7-4-8-13-18/h3-16,21-22H,2H2,1H3,(H,25,26)/t21-/m1/s1. The molecule has 1 amide bonds. The lowest BCUT2D eigenvalue weighted by Crippen LogP contribution is -2.40. The van der Waals surface area contributed by atoms with Crippen molar-refractivity contribution in [1.82, 2.24) is 5.32 Å². The van der Waals surface area contributed by atoms with E-state index >= 15 is 0 Å². The minimum Gasteiger partial charge on any atom is -0.481 e. The predicted molar refractivity (Wildman–Crippen MR) is 109 cm³/mol. The first-order valence-corrected chi connectivity index (χ1v) is 9.37. The predicted octanol–water partition coefficient (Wildman–Crippen LogP) is 5.40. The molecule has 1 N–H and O–H groups in total. The smallest absolute Gasteiger partial charge is 0.261 e. The van der Waals surface area contributed by atoms with Gasteiger partial charge in [-0.2, -0.15) is 0 Å². The lowest BCUT2D eigenvalue weighted by molar-refractivity contribution is -0.128. The van der Waals surface area contributed by atoms with Crippen molar-refractivity contribution >= 4 is 17.5 Å². The second-order valence-electron chi connectivity index (χ2n) is 6.24. The average molecular weight is 380 g/mol. The zero-order chi connectivity index (χ0) is 19.1. The van der Waals surface area contributed by atoms with E-state index in [1.165, 1.54) is 0 Å². The molecule has 0 spiro atoms. The molecule has 0 unspecified atom stereocenters. The van der Waals surface area contributed by atoms with Crippen LogP contribution in [0.4, 0.5) is 0 Å². The minimum absolute atomic E-state index is 0.157. The second kappa shape index (κ2) is 9.24. The fourth-order valence-electron chi connectivity index (χ4n) is 2.91. The van der Waals surface area contributed by atoms with Gasteiger partial charge in [0.1, 0.15) is 5.75 Å². The van der Waals surface area contributed by atoms with Gasteiger partial charge in [0.25, 0.3) is 5.91 Å². The van der Waals surface area contributed by atoms with Crippen LogP contribution in [0.3, 0.4) is 0 Å². The van der Waals surface area contributed by atoms with E-state index in [4.69, 9.17) is 16.3 Å². The molecular formula is C23H22ClNO2. The topological polar surface area (TPSA) is 38.3 Å². The second-order valence-corrected chi connectivity index (χ2v) is 6.67. The number of hydrogen-bond acceptors (Lipinski definition) is 2. The molecule has 3 aromatic rings. The van der Waals surface area contributed by atoms with Crippen molar-refractivity contribution in [3.8, 4) is 5.75 Å². The molecule has 0 saturated carbocycles. The van der Waals surface area contributed by atoms with E-state index in [1.54, 1.807) is 24.3 Å². The molecule has 0 aromatic heterocycles. The number of rotatable bonds is 7. The molecule has 0 aliphatic heterocycles. The molecule has 0 bridgehead atoms. The number of amides is 1. The first kappa shape index (κ1) is 19.0. The lowest BCUT2D eigenvalue weighted by atomic mass is 9.98. The number of halogens is 1. The maximum atomic E-state index is 13.0. The molecule has 0 aliphatic rings. The zero-order valence-corrected chi connectivity index (χ0v) is 15.9. The van der Waals surface area contributed by atoms with Crippen LogP contribution in [0.5, 0.6) is 5.75 Å². The largest absolute Gasteiger partial charge is 0.481 e. The van der Waals surface area contributed by atoms with Crippen LogP contribution in [0.1, 0.15) is 30.5 Å². The number of benzene rings is 3. The van der Waals surface area contributed by atoms with Gasteiger partial charge in [0, 0.05) is 5.02 Å². The maximum Gasteiger partial charge on any atom is 0.261 e. The molecule has 3 nitrogen and oxygen atoms in total. The van der Waals surface area contributed by atoms with Crippen LogP contribution in [0, 0.1) is 0 Å². The molecular weight excluding hydrogens is 358 g/mol. The van der Waals surface area contributed by atoms with Crippen LogP contribution in [-0.4, -0.2) is 12.0 Å². The molecule has 3 aromatic carbocycles. The minimum atomic E-state index is -0.599. The quantitative estimate of drug-likeness (QED) is 0.596. The third-order valence-electron chi connectivity index (χ3n) is 4.29. The summed E-state index contributed by atoms with van der Waals surface area (Å²) in [5.74, 6) is 0.427. The average Bonchev–Trinajstić information content (AvgIpc) is 2.71. The summed E-state index contributed by atoms with van der Waals surface area (Å²) in [5, 5.41) is 3.72. The third kappa shape index (κ3) is 5.11. The van der Waals surface area contributed by atoms with Crippen LogP contribution >= 0.6 is 11.6 Å². The van der Waals surface area contributed by atoms with Crippen LogP contribution < -0.4 is 10.1 Å². The van der Waals surface area contributed by atoms with E-state index in [2.05, 4.69) is 5.32 Å². The first-order valence-electron chi connectivity index (χ1n) is 9.00. The van der Waals surface area contributed by atoms with Crippen molar-refractivity contribution in [2.75, 3.05) is 0 Å². The Bertz CT molecular complexity index is 828. The molecule has 27 heavy (non-hydrogen) atoms. The van der Waals surface area contributed by atoms with Gasteiger partial charge in [0.05, 0.1) is 6.04 Å². The Morgan fingerprint density at radius 2 is 1.52 bits per heavy atom. The van der Waals surface area contributed by atoms with E-state index in [-0.39, 0.29) is 11.9 Å².